The number of aromatic nitrogens is 1. The fourth-order valence-electron chi connectivity index (χ4n) is 0.839. The Hall–Kier alpha value is -1.02. The van der Waals surface area contributed by atoms with E-state index in [1.165, 1.54) is 0 Å². The van der Waals surface area contributed by atoms with Crippen molar-refractivity contribution in [3.05, 3.63) is 40.3 Å². The molecule has 0 aliphatic heterocycles. The van der Waals surface area contributed by atoms with Gasteiger partial charge in [-0.3, -0.25) is 4.79 Å². The van der Waals surface area contributed by atoms with E-state index >= 15 is 0 Å². The molecule has 2 nitrogen and oxygen atoms in total. The number of pyridine rings is 1. The van der Waals surface area contributed by atoms with Crippen molar-refractivity contribution >= 4 is 17.7 Å². The minimum Gasteiger partial charge on any atom is -0.329 e. The molecule has 12 heavy (non-hydrogen) atoms. The van der Waals surface area contributed by atoms with Gasteiger partial charge in [0.15, 0.2) is 0 Å². The van der Waals surface area contributed by atoms with E-state index in [4.69, 9.17) is 11.6 Å². The summed E-state index contributed by atoms with van der Waals surface area (Å²) in [4.78, 5) is 13.7. The molecule has 0 saturated heterocycles. The highest BCUT2D eigenvalue weighted by Crippen LogP contribution is 1.95. The van der Waals surface area contributed by atoms with Crippen LogP contribution in [0.4, 0.5) is 0 Å². The summed E-state index contributed by atoms with van der Waals surface area (Å²) in [6.07, 6.45) is 6.07. The third kappa shape index (κ3) is 2.55. The highest BCUT2D eigenvalue weighted by Gasteiger charge is 1.89. The lowest BCUT2D eigenvalue weighted by Crippen LogP contribution is -2.06. The van der Waals surface area contributed by atoms with Crippen LogP contribution in [0.25, 0.3) is 6.08 Å². The fourth-order valence-corrected chi connectivity index (χ4v) is 0.965. The molecule has 0 aromatic carbocycles. The van der Waals surface area contributed by atoms with Crippen molar-refractivity contribution in [2.75, 3.05) is 5.88 Å². The zero-order valence-corrected chi connectivity index (χ0v) is 7.34. The lowest BCUT2D eigenvalue weighted by atomic mass is 10.2. The van der Waals surface area contributed by atoms with Gasteiger partial charge in [-0.25, -0.2) is 0 Å². The number of hydrogen-bond donors (Lipinski definition) is 1. The number of H-pyrrole nitrogens is 1. The van der Waals surface area contributed by atoms with E-state index in [0.717, 1.165) is 6.42 Å². The van der Waals surface area contributed by atoms with E-state index in [1.807, 2.05) is 6.08 Å². The standard InChI is InChI=1S/C9H10ClNO/c10-6-2-1-4-8-5-3-7-11-9(8)12/h1,3-5,7H,2,6H2,(H,11,12). The van der Waals surface area contributed by atoms with Crippen LogP contribution < -0.4 is 5.56 Å². The monoisotopic (exact) mass is 183 g/mol. The molecule has 0 radical (unpaired) electrons. The Morgan fingerprint density at radius 3 is 3.08 bits per heavy atom. The van der Waals surface area contributed by atoms with Crippen LogP contribution in [0.1, 0.15) is 12.0 Å². The second-order valence-corrected chi connectivity index (χ2v) is 2.71. The molecule has 1 aromatic heterocycles. The quantitative estimate of drug-likeness (QED) is 0.715. The topological polar surface area (TPSA) is 32.9 Å². The zero-order chi connectivity index (χ0) is 8.81. The SMILES string of the molecule is O=c1[nH]cccc1C=CCCCl. The number of aromatic amines is 1. The van der Waals surface area contributed by atoms with Crippen molar-refractivity contribution < 1.29 is 0 Å². The molecular formula is C9H10ClNO. The van der Waals surface area contributed by atoms with E-state index in [9.17, 15) is 4.79 Å². The van der Waals surface area contributed by atoms with Crippen LogP contribution in [0.2, 0.25) is 0 Å². The molecule has 0 aliphatic rings. The van der Waals surface area contributed by atoms with Gasteiger partial charge >= 0.3 is 0 Å². The molecule has 0 saturated carbocycles. The molecular weight excluding hydrogens is 174 g/mol. The first-order chi connectivity index (χ1) is 5.84. The third-order valence-electron chi connectivity index (χ3n) is 1.42. The summed E-state index contributed by atoms with van der Waals surface area (Å²) >= 11 is 5.47. The van der Waals surface area contributed by atoms with E-state index in [-0.39, 0.29) is 5.56 Å². The predicted molar refractivity (Wildman–Crippen MR) is 51.4 cm³/mol. The summed E-state index contributed by atoms with van der Waals surface area (Å²) in [6.45, 7) is 0. The maximum Gasteiger partial charge on any atom is 0.255 e. The molecule has 1 heterocycles. The van der Waals surface area contributed by atoms with Crippen molar-refractivity contribution in [2.45, 2.75) is 6.42 Å². The average Bonchev–Trinajstić information content (AvgIpc) is 2.09. The van der Waals surface area contributed by atoms with Crippen molar-refractivity contribution in [1.29, 1.82) is 0 Å². The molecule has 0 fully saturated rings. The Bertz CT molecular complexity index is 316. The van der Waals surface area contributed by atoms with Crippen LogP contribution in [0.15, 0.2) is 29.2 Å². The van der Waals surface area contributed by atoms with Crippen LogP contribution in [-0.2, 0) is 0 Å². The molecule has 0 amide bonds. The van der Waals surface area contributed by atoms with E-state index in [0.29, 0.717) is 11.4 Å². The number of rotatable bonds is 3. The normalized spacial score (nSPS) is 10.8. The number of halogens is 1. The van der Waals surface area contributed by atoms with Crippen LogP contribution in [0, 0.1) is 0 Å². The first-order valence-electron chi connectivity index (χ1n) is 3.75. The van der Waals surface area contributed by atoms with Gasteiger partial charge in [0.2, 0.25) is 0 Å². The highest BCUT2D eigenvalue weighted by atomic mass is 35.5. The Labute approximate surface area is 75.9 Å². The lowest BCUT2D eigenvalue weighted by molar-refractivity contribution is 1.21. The Morgan fingerprint density at radius 2 is 2.42 bits per heavy atom. The first-order valence-corrected chi connectivity index (χ1v) is 4.28. The number of allylic oxidation sites excluding steroid dienone is 1. The predicted octanol–water partition coefficient (Wildman–Crippen LogP) is 2.02. The second kappa shape index (κ2) is 4.78. The minimum absolute atomic E-state index is 0.0664. The van der Waals surface area contributed by atoms with Gasteiger partial charge in [0, 0.05) is 17.6 Å². The van der Waals surface area contributed by atoms with Gasteiger partial charge in [-0.05, 0) is 18.6 Å². The molecule has 0 bridgehead atoms. The fraction of sp³-hybridized carbons (Fsp3) is 0.222. The Morgan fingerprint density at radius 1 is 1.58 bits per heavy atom. The van der Waals surface area contributed by atoms with Crippen molar-refractivity contribution in [3.63, 3.8) is 0 Å². The van der Waals surface area contributed by atoms with Gasteiger partial charge in [-0.1, -0.05) is 12.2 Å². The summed E-state index contributed by atoms with van der Waals surface area (Å²) in [5, 5.41) is 0. The maximum absolute atomic E-state index is 11.1. The number of nitrogens with one attached hydrogen (secondary N) is 1. The van der Waals surface area contributed by atoms with Gasteiger partial charge in [0.1, 0.15) is 0 Å². The van der Waals surface area contributed by atoms with Crippen molar-refractivity contribution in [2.24, 2.45) is 0 Å². The van der Waals surface area contributed by atoms with Crippen LogP contribution in [0.3, 0.4) is 0 Å². The van der Waals surface area contributed by atoms with Crippen molar-refractivity contribution in [1.82, 2.24) is 4.98 Å². The highest BCUT2D eigenvalue weighted by molar-refractivity contribution is 6.17. The van der Waals surface area contributed by atoms with E-state index in [1.54, 1.807) is 24.4 Å². The largest absolute Gasteiger partial charge is 0.329 e. The molecule has 1 N–H and O–H groups in total. The van der Waals surface area contributed by atoms with Crippen LogP contribution in [0.5, 0.6) is 0 Å². The average molecular weight is 184 g/mol. The summed E-state index contributed by atoms with van der Waals surface area (Å²) in [6, 6.07) is 3.56. The smallest absolute Gasteiger partial charge is 0.255 e. The van der Waals surface area contributed by atoms with E-state index < -0.39 is 0 Å². The molecule has 0 spiro atoms. The zero-order valence-electron chi connectivity index (χ0n) is 6.59. The molecule has 0 atom stereocenters. The Kier molecular flexibility index (Phi) is 3.61. The molecule has 64 valence electrons. The Balaban J connectivity index is 2.76. The molecule has 3 heteroatoms. The number of hydrogen-bond acceptors (Lipinski definition) is 1. The van der Waals surface area contributed by atoms with Gasteiger partial charge < -0.3 is 4.98 Å². The minimum atomic E-state index is -0.0664. The molecule has 0 unspecified atom stereocenters. The van der Waals surface area contributed by atoms with Gasteiger partial charge in [0.25, 0.3) is 5.56 Å². The molecule has 1 rings (SSSR count). The van der Waals surface area contributed by atoms with Gasteiger partial charge in [-0.15, -0.1) is 11.6 Å². The van der Waals surface area contributed by atoms with Crippen LogP contribution >= 0.6 is 11.6 Å². The van der Waals surface area contributed by atoms with Crippen LogP contribution in [-0.4, -0.2) is 10.9 Å². The summed E-state index contributed by atoms with van der Waals surface area (Å²) < 4.78 is 0. The van der Waals surface area contributed by atoms with Gasteiger partial charge in [-0.2, -0.15) is 0 Å². The first kappa shape index (κ1) is 9.07. The number of alkyl halides is 1. The molecule has 1 aromatic rings. The van der Waals surface area contributed by atoms with Gasteiger partial charge in [0.05, 0.1) is 0 Å². The van der Waals surface area contributed by atoms with Crippen molar-refractivity contribution in [3.8, 4) is 0 Å². The third-order valence-corrected chi connectivity index (χ3v) is 1.64. The summed E-state index contributed by atoms with van der Waals surface area (Å²) in [5.74, 6) is 0.585. The lowest BCUT2D eigenvalue weighted by Gasteiger charge is -1.89. The second-order valence-electron chi connectivity index (χ2n) is 2.33. The summed E-state index contributed by atoms with van der Waals surface area (Å²) in [5.41, 5.74) is 0.603. The van der Waals surface area contributed by atoms with E-state index in [2.05, 4.69) is 4.98 Å². The maximum atomic E-state index is 11.1. The summed E-state index contributed by atoms with van der Waals surface area (Å²) in [7, 11) is 0. The molecule has 0 aliphatic carbocycles.